The summed E-state index contributed by atoms with van der Waals surface area (Å²) in [6.07, 6.45) is 0. The SMILES string of the molecule is CC.CCNc1ccc(C)cc1.[HH]. The summed E-state index contributed by atoms with van der Waals surface area (Å²) in [6.45, 7) is 9.18. The first-order chi connectivity index (χ1) is 5.83. The summed E-state index contributed by atoms with van der Waals surface area (Å²) in [5.74, 6) is 0. The minimum absolute atomic E-state index is 0. The maximum atomic E-state index is 3.23. The van der Waals surface area contributed by atoms with E-state index in [0.717, 1.165) is 6.54 Å². The van der Waals surface area contributed by atoms with E-state index in [1.54, 1.807) is 0 Å². The maximum Gasteiger partial charge on any atom is 0.0340 e. The Bertz CT molecular complexity index is 194. The summed E-state index contributed by atoms with van der Waals surface area (Å²) >= 11 is 0. The molecular weight excluding hydrogens is 146 g/mol. The lowest BCUT2D eigenvalue weighted by molar-refractivity contribution is 1.21. The van der Waals surface area contributed by atoms with Crippen molar-refractivity contribution in [2.45, 2.75) is 27.7 Å². The zero-order valence-electron chi connectivity index (χ0n) is 8.52. The predicted molar refractivity (Wildman–Crippen MR) is 58.8 cm³/mol. The zero-order valence-corrected chi connectivity index (χ0v) is 8.52. The summed E-state index contributed by atoms with van der Waals surface area (Å²) in [6, 6.07) is 8.41. The first-order valence-corrected chi connectivity index (χ1v) is 4.63. The summed E-state index contributed by atoms with van der Waals surface area (Å²) in [5, 5.41) is 3.23. The van der Waals surface area contributed by atoms with Crippen molar-refractivity contribution in [1.82, 2.24) is 0 Å². The van der Waals surface area contributed by atoms with Gasteiger partial charge in [-0.25, -0.2) is 0 Å². The molecular formula is C11H21N. The van der Waals surface area contributed by atoms with E-state index in [1.165, 1.54) is 11.3 Å². The van der Waals surface area contributed by atoms with Gasteiger partial charge < -0.3 is 5.32 Å². The molecule has 1 aromatic rings. The Hall–Kier alpha value is -0.980. The molecule has 0 radical (unpaired) electrons. The van der Waals surface area contributed by atoms with Gasteiger partial charge in [0.05, 0.1) is 0 Å². The molecule has 12 heavy (non-hydrogen) atoms. The van der Waals surface area contributed by atoms with Gasteiger partial charge in [-0.1, -0.05) is 31.5 Å². The van der Waals surface area contributed by atoms with Crippen molar-refractivity contribution >= 4 is 5.69 Å². The van der Waals surface area contributed by atoms with Crippen LogP contribution in [0.1, 0.15) is 27.8 Å². The number of aryl methyl sites for hydroxylation is 1. The number of anilines is 1. The molecule has 0 amide bonds. The van der Waals surface area contributed by atoms with Crippen molar-refractivity contribution in [2.75, 3.05) is 11.9 Å². The molecule has 0 aliphatic rings. The summed E-state index contributed by atoms with van der Waals surface area (Å²) in [7, 11) is 0. The maximum absolute atomic E-state index is 3.23. The largest absolute Gasteiger partial charge is 0.385 e. The molecule has 0 aliphatic heterocycles. The zero-order chi connectivity index (χ0) is 9.40. The fourth-order valence-corrected chi connectivity index (χ4v) is 0.876. The van der Waals surface area contributed by atoms with Crippen LogP contribution in [0.4, 0.5) is 5.69 Å². The van der Waals surface area contributed by atoms with Crippen LogP contribution in [0.25, 0.3) is 0 Å². The molecule has 0 spiro atoms. The van der Waals surface area contributed by atoms with E-state index in [4.69, 9.17) is 0 Å². The third-order valence-corrected chi connectivity index (χ3v) is 1.43. The Morgan fingerprint density at radius 1 is 1.17 bits per heavy atom. The molecule has 0 bridgehead atoms. The van der Waals surface area contributed by atoms with Crippen molar-refractivity contribution < 1.29 is 1.43 Å². The summed E-state index contributed by atoms with van der Waals surface area (Å²) in [4.78, 5) is 0. The highest BCUT2D eigenvalue weighted by atomic mass is 14.8. The number of hydrogen-bond donors (Lipinski definition) is 1. The molecule has 1 nitrogen and oxygen atoms in total. The Morgan fingerprint density at radius 3 is 2.08 bits per heavy atom. The van der Waals surface area contributed by atoms with Gasteiger partial charge in [-0.05, 0) is 26.0 Å². The summed E-state index contributed by atoms with van der Waals surface area (Å²) < 4.78 is 0. The van der Waals surface area contributed by atoms with Gasteiger partial charge in [-0.15, -0.1) is 0 Å². The molecule has 0 saturated heterocycles. The number of hydrogen-bond acceptors (Lipinski definition) is 1. The molecule has 0 aromatic heterocycles. The predicted octanol–water partition coefficient (Wildman–Crippen LogP) is 3.70. The normalized spacial score (nSPS) is 8.33. The van der Waals surface area contributed by atoms with Crippen LogP contribution in [0.2, 0.25) is 0 Å². The molecule has 70 valence electrons. The molecule has 0 fully saturated rings. The van der Waals surface area contributed by atoms with Gasteiger partial charge in [-0.2, -0.15) is 0 Å². The molecule has 1 heteroatoms. The minimum Gasteiger partial charge on any atom is -0.385 e. The van der Waals surface area contributed by atoms with Gasteiger partial charge in [0, 0.05) is 13.7 Å². The third kappa shape index (κ3) is 4.02. The molecule has 1 N–H and O–H groups in total. The Morgan fingerprint density at radius 2 is 1.67 bits per heavy atom. The highest BCUT2D eigenvalue weighted by molar-refractivity contribution is 5.43. The molecule has 0 unspecified atom stereocenters. The fourth-order valence-electron chi connectivity index (χ4n) is 0.876. The second-order valence-corrected chi connectivity index (χ2v) is 2.40. The smallest absolute Gasteiger partial charge is 0.0340 e. The van der Waals surface area contributed by atoms with Crippen LogP contribution in [-0.2, 0) is 0 Å². The van der Waals surface area contributed by atoms with Crippen LogP contribution in [-0.4, -0.2) is 6.54 Å². The molecule has 0 atom stereocenters. The topological polar surface area (TPSA) is 12.0 Å². The standard InChI is InChI=1S/C9H13N.C2H6.H2/c1-3-10-9-6-4-8(2)5-7-9;1-2;/h4-7,10H,3H2,1-2H3;1-2H3;1H. The van der Waals surface area contributed by atoms with Crippen molar-refractivity contribution in [1.29, 1.82) is 0 Å². The molecule has 0 aliphatic carbocycles. The lowest BCUT2D eigenvalue weighted by Crippen LogP contribution is -1.95. The van der Waals surface area contributed by atoms with E-state index >= 15 is 0 Å². The van der Waals surface area contributed by atoms with Crippen molar-refractivity contribution in [3.63, 3.8) is 0 Å². The van der Waals surface area contributed by atoms with Gasteiger partial charge in [0.15, 0.2) is 0 Å². The Kier molecular flexibility index (Phi) is 6.16. The van der Waals surface area contributed by atoms with Crippen molar-refractivity contribution in [3.8, 4) is 0 Å². The lowest BCUT2D eigenvalue weighted by atomic mass is 10.2. The van der Waals surface area contributed by atoms with E-state index in [9.17, 15) is 0 Å². The highest BCUT2D eigenvalue weighted by Crippen LogP contribution is 2.07. The van der Waals surface area contributed by atoms with Crippen molar-refractivity contribution in [3.05, 3.63) is 29.8 Å². The second kappa shape index (κ2) is 6.71. The van der Waals surface area contributed by atoms with E-state index in [0.29, 0.717) is 0 Å². The van der Waals surface area contributed by atoms with Gasteiger partial charge in [0.1, 0.15) is 0 Å². The van der Waals surface area contributed by atoms with Crippen LogP contribution >= 0.6 is 0 Å². The Balaban J connectivity index is 0. The van der Waals surface area contributed by atoms with E-state index in [1.807, 2.05) is 13.8 Å². The first kappa shape index (κ1) is 11.0. The fraction of sp³-hybridized carbons (Fsp3) is 0.455. The molecule has 1 aromatic carbocycles. The van der Waals surface area contributed by atoms with Crippen molar-refractivity contribution in [2.24, 2.45) is 0 Å². The summed E-state index contributed by atoms with van der Waals surface area (Å²) in [5.41, 5.74) is 2.51. The van der Waals surface area contributed by atoms with Gasteiger partial charge in [-0.3, -0.25) is 0 Å². The number of benzene rings is 1. The van der Waals surface area contributed by atoms with Crippen LogP contribution in [0.5, 0.6) is 0 Å². The second-order valence-electron chi connectivity index (χ2n) is 2.40. The first-order valence-electron chi connectivity index (χ1n) is 4.63. The number of nitrogens with one attached hydrogen (secondary N) is 1. The van der Waals surface area contributed by atoms with Gasteiger partial charge >= 0.3 is 0 Å². The average molecular weight is 167 g/mol. The monoisotopic (exact) mass is 167 g/mol. The molecule has 0 saturated carbocycles. The average Bonchev–Trinajstić information content (AvgIpc) is 2.13. The van der Waals surface area contributed by atoms with E-state index < -0.39 is 0 Å². The molecule has 1 rings (SSSR count). The van der Waals surface area contributed by atoms with Crippen LogP contribution in [0, 0.1) is 6.92 Å². The number of rotatable bonds is 2. The van der Waals surface area contributed by atoms with Gasteiger partial charge in [0.25, 0.3) is 0 Å². The van der Waals surface area contributed by atoms with Crippen LogP contribution in [0.3, 0.4) is 0 Å². The lowest BCUT2D eigenvalue weighted by Gasteiger charge is -2.01. The Labute approximate surface area is 77.3 Å². The van der Waals surface area contributed by atoms with Crippen LogP contribution in [0.15, 0.2) is 24.3 Å². The molecule has 0 heterocycles. The third-order valence-electron chi connectivity index (χ3n) is 1.43. The highest BCUT2D eigenvalue weighted by Gasteiger charge is 1.86. The van der Waals surface area contributed by atoms with E-state index in [2.05, 4.69) is 43.4 Å². The van der Waals surface area contributed by atoms with E-state index in [-0.39, 0.29) is 1.43 Å². The quantitative estimate of drug-likeness (QED) is 0.708. The van der Waals surface area contributed by atoms with Gasteiger partial charge in [0.2, 0.25) is 0 Å². The minimum atomic E-state index is 0. The van der Waals surface area contributed by atoms with Crippen LogP contribution < -0.4 is 5.32 Å².